The number of nitrogens with one attached hydrogen (secondary N) is 1. The Hall–Kier alpha value is -3.54. The number of imidazole rings is 1. The van der Waals surface area contributed by atoms with Gasteiger partial charge in [0, 0.05) is 5.56 Å². The Morgan fingerprint density at radius 1 is 1.04 bits per heavy atom. The molecule has 0 saturated carbocycles. The SMILES string of the molecule is O=C1c2ccccc2-n2c1nc1ccc(-c3cnc[nH]3)cc1c2=O. The first-order valence-electron chi connectivity index (χ1n) is 7.44. The van der Waals surface area contributed by atoms with Crippen molar-refractivity contribution in [1.82, 2.24) is 19.5 Å². The van der Waals surface area contributed by atoms with Gasteiger partial charge in [-0.15, -0.1) is 0 Å². The van der Waals surface area contributed by atoms with E-state index < -0.39 is 0 Å². The third kappa shape index (κ3) is 1.59. The molecule has 24 heavy (non-hydrogen) atoms. The first kappa shape index (κ1) is 13.0. The van der Waals surface area contributed by atoms with E-state index in [9.17, 15) is 9.59 Å². The summed E-state index contributed by atoms with van der Waals surface area (Å²) in [6, 6.07) is 12.4. The van der Waals surface area contributed by atoms with Gasteiger partial charge >= 0.3 is 0 Å². The molecule has 1 aliphatic heterocycles. The number of hydrogen-bond acceptors (Lipinski definition) is 4. The number of fused-ring (bicyclic) bond motifs is 4. The van der Waals surface area contributed by atoms with Crippen LogP contribution in [0.1, 0.15) is 16.2 Å². The highest BCUT2D eigenvalue weighted by Gasteiger charge is 2.29. The Bertz CT molecular complexity index is 1190. The second-order valence-corrected chi connectivity index (χ2v) is 5.62. The Morgan fingerprint density at radius 2 is 1.92 bits per heavy atom. The van der Waals surface area contributed by atoms with Gasteiger partial charge in [0.05, 0.1) is 40.4 Å². The van der Waals surface area contributed by atoms with Gasteiger partial charge in [0.1, 0.15) is 0 Å². The molecule has 0 saturated heterocycles. The van der Waals surface area contributed by atoms with Crippen molar-refractivity contribution in [2.45, 2.75) is 0 Å². The second kappa shape index (κ2) is 4.48. The lowest BCUT2D eigenvalue weighted by Gasteiger charge is -2.06. The summed E-state index contributed by atoms with van der Waals surface area (Å²) in [6.07, 6.45) is 3.28. The Kier molecular flexibility index (Phi) is 2.42. The summed E-state index contributed by atoms with van der Waals surface area (Å²) in [6.45, 7) is 0. The van der Waals surface area contributed by atoms with Crippen molar-refractivity contribution in [3.8, 4) is 16.9 Å². The number of carbonyl (C=O) groups is 1. The van der Waals surface area contributed by atoms with Gasteiger partial charge in [-0.2, -0.15) is 0 Å². The highest BCUT2D eigenvalue weighted by molar-refractivity contribution is 6.13. The lowest BCUT2D eigenvalue weighted by Crippen LogP contribution is -2.21. The molecule has 3 heterocycles. The summed E-state index contributed by atoms with van der Waals surface area (Å²) in [7, 11) is 0. The fraction of sp³-hybridized carbons (Fsp3) is 0. The van der Waals surface area contributed by atoms with Crippen molar-refractivity contribution in [2.75, 3.05) is 0 Å². The van der Waals surface area contributed by atoms with Crippen molar-refractivity contribution in [3.05, 3.63) is 76.7 Å². The van der Waals surface area contributed by atoms with Crippen LogP contribution in [0.2, 0.25) is 0 Å². The fourth-order valence-electron chi connectivity index (χ4n) is 3.12. The number of carbonyl (C=O) groups excluding carboxylic acids is 1. The number of ketones is 1. The van der Waals surface area contributed by atoms with E-state index in [0.29, 0.717) is 22.2 Å². The minimum Gasteiger partial charge on any atom is -0.345 e. The van der Waals surface area contributed by atoms with E-state index in [-0.39, 0.29) is 17.2 Å². The van der Waals surface area contributed by atoms with Crippen LogP contribution >= 0.6 is 0 Å². The standard InChI is InChI=1S/C18H10N4O2/c23-16-11-3-1-2-4-15(11)22-17(16)21-13-6-5-10(7-12(13)18(22)24)14-8-19-9-20-14/h1-9H,(H,19,20). The molecule has 0 aliphatic carbocycles. The van der Waals surface area contributed by atoms with Crippen LogP contribution in [0.15, 0.2) is 59.8 Å². The van der Waals surface area contributed by atoms with Crippen LogP contribution in [0.25, 0.3) is 27.8 Å². The van der Waals surface area contributed by atoms with Crippen molar-refractivity contribution in [3.63, 3.8) is 0 Å². The smallest absolute Gasteiger partial charge is 0.266 e. The normalized spacial score (nSPS) is 12.4. The first-order valence-corrected chi connectivity index (χ1v) is 7.44. The summed E-state index contributed by atoms with van der Waals surface area (Å²) in [4.78, 5) is 36.9. The molecule has 0 unspecified atom stereocenters. The van der Waals surface area contributed by atoms with E-state index in [0.717, 1.165) is 11.3 Å². The zero-order valence-electron chi connectivity index (χ0n) is 12.4. The molecule has 114 valence electrons. The van der Waals surface area contributed by atoms with Crippen LogP contribution in [0.5, 0.6) is 0 Å². The van der Waals surface area contributed by atoms with E-state index in [1.54, 1.807) is 48.9 Å². The highest BCUT2D eigenvalue weighted by Crippen LogP contribution is 2.27. The molecule has 1 aliphatic rings. The van der Waals surface area contributed by atoms with Gasteiger partial charge in [0.2, 0.25) is 5.78 Å². The molecule has 0 spiro atoms. The molecular formula is C18H10N4O2. The molecule has 6 nitrogen and oxygen atoms in total. The molecule has 0 atom stereocenters. The number of hydrogen-bond donors (Lipinski definition) is 1. The lowest BCUT2D eigenvalue weighted by molar-refractivity contribution is 0.103. The van der Waals surface area contributed by atoms with E-state index >= 15 is 0 Å². The van der Waals surface area contributed by atoms with Crippen molar-refractivity contribution >= 4 is 16.7 Å². The van der Waals surface area contributed by atoms with Crippen molar-refractivity contribution in [2.24, 2.45) is 0 Å². The first-order chi connectivity index (χ1) is 11.7. The number of H-pyrrole nitrogens is 1. The Morgan fingerprint density at radius 3 is 2.75 bits per heavy atom. The number of para-hydroxylation sites is 1. The lowest BCUT2D eigenvalue weighted by atomic mass is 10.1. The molecule has 5 rings (SSSR count). The Labute approximate surface area is 135 Å². The number of benzene rings is 2. The van der Waals surface area contributed by atoms with Gasteiger partial charge in [0.25, 0.3) is 5.56 Å². The number of rotatable bonds is 1. The topological polar surface area (TPSA) is 80.6 Å². The van der Waals surface area contributed by atoms with E-state index in [4.69, 9.17) is 0 Å². The fourth-order valence-corrected chi connectivity index (χ4v) is 3.12. The van der Waals surface area contributed by atoms with Crippen molar-refractivity contribution < 1.29 is 4.79 Å². The predicted octanol–water partition coefficient (Wildman–Crippen LogP) is 2.32. The maximum Gasteiger partial charge on any atom is 0.266 e. The van der Waals surface area contributed by atoms with E-state index in [1.807, 2.05) is 6.07 Å². The van der Waals surface area contributed by atoms with Crippen LogP contribution in [-0.4, -0.2) is 25.3 Å². The summed E-state index contributed by atoms with van der Waals surface area (Å²) in [5.74, 6) is -0.0507. The molecule has 4 aromatic rings. The summed E-state index contributed by atoms with van der Waals surface area (Å²) >= 11 is 0. The van der Waals surface area contributed by atoms with Gasteiger partial charge in [-0.25, -0.2) is 9.97 Å². The monoisotopic (exact) mass is 314 g/mol. The Balaban J connectivity index is 1.86. The highest BCUT2D eigenvalue weighted by atomic mass is 16.1. The maximum atomic E-state index is 13.0. The maximum absolute atomic E-state index is 13.0. The zero-order chi connectivity index (χ0) is 16.3. The molecule has 0 fully saturated rings. The molecule has 0 radical (unpaired) electrons. The minimum absolute atomic E-state index is 0.169. The quantitative estimate of drug-likeness (QED) is 0.515. The molecule has 2 aromatic heterocycles. The van der Waals surface area contributed by atoms with Crippen LogP contribution in [0, 0.1) is 0 Å². The summed E-state index contributed by atoms with van der Waals surface area (Å²) < 4.78 is 1.40. The average molecular weight is 314 g/mol. The van der Waals surface area contributed by atoms with E-state index in [2.05, 4.69) is 15.0 Å². The van der Waals surface area contributed by atoms with Gasteiger partial charge < -0.3 is 4.98 Å². The molecule has 0 bridgehead atoms. The van der Waals surface area contributed by atoms with Gasteiger partial charge in [0.15, 0.2) is 5.82 Å². The predicted molar refractivity (Wildman–Crippen MR) is 88.4 cm³/mol. The molecule has 2 aromatic carbocycles. The number of aromatic amines is 1. The van der Waals surface area contributed by atoms with Crippen molar-refractivity contribution in [1.29, 1.82) is 0 Å². The third-order valence-electron chi connectivity index (χ3n) is 4.27. The van der Waals surface area contributed by atoms with Gasteiger partial charge in [-0.05, 0) is 24.3 Å². The molecule has 6 heteroatoms. The third-order valence-corrected chi connectivity index (χ3v) is 4.27. The second-order valence-electron chi connectivity index (χ2n) is 5.62. The zero-order valence-corrected chi connectivity index (χ0v) is 12.4. The summed E-state index contributed by atoms with van der Waals surface area (Å²) in [5, 5.41) is 0.468. The van der Waals surface area contributed by atoms with Crippen LogP contribution in [0.4, 0.5) is 0 Å². The average Bonchev–Trinajstić information content (AvgIpc) is 3.23. The van der Waals surface area contributed by atoms with Crippen LogP contribution in [0.3, 0.4) is 0 Å². The molecule has 1 N–H and O–H groups in total. The minimum atomic E-state index is -0.241. The van der Waals surface area contributed by atoms with E-state index in [1.165, 1.54) is 4.57 Å². The number of aromatic nitrogens is 4. The van der Waals surface area contributed by atoms with Crippen LogP contribution in [-0.2, 0) is 0 Å². The van der Waals surface area contributed by atoms with Gasteiger partial charge in [-0.3, -0.25) is 14.2 Å². The molecular weight excluding hydrogens is 304 g/mol. The van der Waals surface area contributed by atoms with Gasteiger partial charge in [-0.1, -0.05) is 18.2 Å². The number of nitrogens with zero attached hydrogens (tertiary/aromatic N) is 3. The molecule has 0 amide bonds. The van der Waals surface area contributed by atoms with Crippen LogP contribution < -0.4 is 5.56 Å². The largest absolute Gasteiger partial charge is 0.345 e. The summed E-state index contributed by atoms with van der Waals surface area (Å²) in [5.41, 5.74) is 3.02.